The summed E-state index contributed by atoms with van der Waals surface area (Å²) in [6, 6.07) is 6.88. The lowest BCUT2D eigenvalue weighted by atomic mass is 9.91. The third kappa shape index (κ3) is 3.88. The van der Waals surface area contributed by atoms with Gasteiger partial charge < -0.3 is 27.1 Å². The number of nitrogens with one attached hydrogen (secondary N) is 3. The van der Waals surface area contributed by atoms with Crippen LogP contribution < -0.4 is 22.1 Å². The Morgan fingerprint density at radius 2 is 2.03 bits per heavy atom. The summed E-state index contributed by atoms with van der Waals surface area (Å²) in [6.45, 7) is 1.97. The van der Waals surface area contributed by atoms with Gasteiger partial charge in [-0.15, -0.1) is 0 Å². The van der Waals surface area contributed by atoms with E-state index in [4.69, 9.17) is 11.5 Å². The number of primary amides is 1. The number of benzene rings is 1. The van der Waals surface area contributed by atoms with Crippen molar-refractivity contribution in [2.75, 3.05) is 10.6 Å². The number of rotatable bonds is 5. The maximum atomic E-state index is 14.7. The fourth-order valence-corrected chi connectivity index (χ4v) is 3.93. The zero-order chi connectivity index (χ0) is 20.5. The second-order valence-corrected chi connectivity index (χ2v) is 7.65. The van der Waals surface area contributed by atoms with E-state index in [9.17, 15) is 9.18 Å². The molecule has 8 heteroatoms. The Labute approximate surface area is 168 Å². The van der Waals surface area contributed by atoms with Gasteiger partial charge in [-0.1, -0.05) is 12.8 Å². The smallest absolute Gasteiger partial charge is 0.252 e. The second kappa shape index (κ2) is 7.71. The molecule has 1 aliphatic carbocycles. The molecule has 29 heavy (non-hydrogen) atoms. The molecule has 1 unspecified atom stereocenters. The normalized spacial score (nSPS) is 19.3. The molecule has 1 aromatic carbocycles. The molecular formula is C21H25FN6O. The zero-order valence-electron chi connectivity index (χ0n) is 16.3. The predicted molar refractivity (Wildman–Crippen MR) is 113 cm³/mol. The van der Waals surface area contributed by atoms with Gasteiger partial charge in [0, 0.05) is 34.9 Å². The van der Waals surface area contributed by atoms with Crippen LogP contribution in [0, 0.1) is 12.7 Å². The Morgan fingerprint density at radius 1 is 1.24 bits per heavy atom. The van der Waals surface area contributed by atoms with E-state index in [0.29, 0.717) is 0 Å². The van der Waals surface area contributed by atoms with Crippen molar-refractivity contribution in [3.8, 4) is 0 Å². The van der Waals surface area contributed by atoms with Gasteiger partial charge in [0.1, 0.15) is 5.82 Å². The number of hydrogen-bond donors (Lipinski definition) is 5. The van der Waals surface area contributed by atoms with Gasteiger partial charge >= 0.3 is 0 Å². The first-order valence-corrected chi connectivity index (χ1v) is 9.79. The van der Waals surface area contributed by atoms with E-state index in [1.54, 1.807) is 0 Å². The molecule has 4 rings (SSSR count). The molecule has 2 heterocycles. The Balaban J connectivity index is 1.72. The quantitative estimate of drug-likeness (QED) is 0.452. The van der Waals surface area contributed by atoms with Crippen molar-refractivity contribution in [2.45, 2.75) is 44.7 Å². The number of aromatic amines is 1. The third-order valence-electron chi connectivity index (χ3n) is 5.45. The summed E-state index contributed by atoms with van der Waals surface area (Å²) in [7, 11) is 0. The van der Waals surface area contributed by atoms with Crippen LogP contribution in [-0.2, 0) is 0 Å². The summed E-state index contributed by atoms with van der Waals surface area (Å²) < 4.78 is 14.7. The minimum atomic E-state index is -0.752. The standard InChI is InChI=1S/C21H25FN6O/c1-11-8-17-12(6-7-25-17)18(9-11)27-20-13(19(24)29)10-14(22)21(28-20)26-16-5-3-2-4-15(16)23/h6-10,15-16,25H,2-5,23H2,1H3,(H2,24,29)(H2,26,27,28)/t15-,16?/m0/s1. The average molecular weight is 396 g/mol. The molecule has 1 fully saturated rings. The topological polar surface area (TPSA) is 122 Å². The highest BCUT2D eigenvalue weighted by atomic mass is 19.1. The molecule has 0 bridgehead atoms. The number of aromatic nitrogens is 2. The number of H-pyrrole nitrogens is 1. The fraction of sp³-hybridized carbons (Fsp3) is 0.333. The van der Waals surface area contributed by atoms with Crippen LogP contribution in [0.2, 0.25) is 0 Å². The van der Waals surface area contributed by atoms with Gasteiger partial charge in [0.05, 0.1) is 5.56 Å². The van der Waals surface area contributed by atoms with Crippen molar-refractivity contribution >= 4 is 34.1 Å². The van der Waals surface area contributed by atoms with Crippen molar-refractivity contribution in [1.82, 2.24) is 9.97 Å². The molecule has 1 saturated carbocycles. The first-order chi connectivity index (χ1) is 13.9. The molecule has 2 aromatic heterocycles. The fourth-order valence-electron chi connectivity index (χ4n) is 3.93. The van der Waals surface area contributed by atoms with E-state index >= 15 is 0 Å². The number of hydrogen-bond acceptors (Lipinski definition) is 5. The molecule has 0 aliphatic heterocycles. The van der Waals surface area contributed by atoms with Gasteiger partial charge in [0.15, 0.2) is 11.6 Å². The van der Waals surface area contributed by atoms with Crippen LogP contribution in [0.25, 0.3) is 10.9 Å². The lowest BCUT2D eigenvalue weighted by Crippen LogP contribution is -2.43. The molecule has 0 radical (unpaired) electrons. The summed E-state index contributed by atoms with van der Waals surface area (Å²) >= 11 is 0. The predicted octanol–water partition coefficient (Wildman–Crippen LogP) is 3.53. The number of amides is 1. The van der Waals surface area contributed by atoms with Crippen LogP contribution in [0.4, 0.5) is 21.7 Å². The van der Waals surface area contributed by atoms with Crippen LogP contribution in [0.5, 0.6) is 0 Å². The van der Waals surface area contributed by atoms with E-state index in [2.05, 4.69) is 20.6 Å². The van der Waals surface area contributed by atoms with Gasteiger partial charge in [-0.3, -0.25) is 4.79 Å². The SMILES string of the molecule is Cc1cc(Nc2nc(NC3CCCC[C@@H]3N)c(F)cc2C(N)=O)c2cc[nH]c2c1. The van der Waals surface area contributed by atoms with Crippen LogP contribution in [0.3, 0.4) is 0 Å². The molecular weight excluding hydrogens is 371 g/mol. The lowest BCUT2D eigenvalue weighted by molar-refractivity contribution is 0.100. The van der Waals surface area contributed by atoms with Crippen molar-refractivity contribution in [3.63, 3.8) is 0 Å². The number of nitrogens with zero attached hydrogens (tertiary/aromatic N) is 1. The minimum Gasteiger partial charge on any atom is -0.365 e. The summed E-state index contributed by atoms with van der Waals surface area (Å²) in [4.78, 5) is 19.5. The van der Waals surface area contributed by atoms with E-state index in [1.807, 2.05) is 31.3 Å². The van der Waals surface area contributed by atoms with Crippen LogP contribution in [-0.4, -0.2) is 28.0 Å². The van der Waals surface area contributed by atoms with Gasteiger partial charge in [-0.25, -0.2) is 9.37 Å². The maximum Gasteiger partial charge on any atom is 0.252 e. The van der Waals surface area contributed by atoms with Crippen LogP contribution in [0.1, 0.15) is 41.6 Å². The summed E-state index contributed by atoms with van der Waals surface area (Å²) in [5.74, 6) is -1.10. The summed E-state index contributed by atoms with van der Waals surface area (Å²) in [5.41, 5.74) is 14.4. The number of carbonyl (C=O) groups excluding carboxylic acids is 1. The Hall–Kier alpha value is -3.13. The van der Waals surface area contributed by atoms with Crippen molar-refractivity contribution in [3.05, 3.63) is 47.4 Å². The highest BCUT2D eigenvalue weighted by Gasteiger charge is 2.24. The molecule has 1 aliphatic rings. The lowest BCUT2D eigenvalue weighted by Gasteiger charge is -2.30. The van der Waals surface area contributed by atoms with Crippen molar-refractivity contribution in [2.24, 2.45) is 11.5 Å². The molecule has 152 valence electrons. The first kappa shape index (κ1) is 19.2. The number of carbonyl (C=O) groups is 1. The van der Waals surface area contributed by atoms with Gasteiger partial charge in [-0.2, -0.15) is 0 Å². The van der Waals surface area contributed by atoms with E-state index in [1.165, 1.54) is 0 Å². The van der Waals surface area contributed by atoms with Gasteiger partial charge in [0.2, 0.25) is 0 Å². The summed E-state index contributed by atoms with van der Waals surface area (Å²) in [6.07, 6.45) is 5.68. The van der Waals surface area contributed by atoms with E-state index < -0.39 is 11.7 Å². The molecule has 0 spiro atoms. The molecule has 0 saturated heterocycles. The molecule has 7 nitrogen and oxygen atoms in total. The van der Waals surface area contributed by atoms with Gasteiger partial charge in [0.25, 0.3) is 5.91 Å². The Morgan fingerprint density at radius 3 is 2.79 bits per heavy atom. The summed E-state index contributed by atoms with van der Waals surface area (Å²) in [5, 5.41) is 7.23. The second-order valence-electron chi connectivity index (χ2n) is 7.65. The zero-order valence-corrected chi connectivity index (χ0v) is 16.3. The van der Waals surface area contributed by atoms with Crippen LogP contribution in [0.15, 0.2) is 30.5 Å². The number of anilines is 3. The van der Waals surface area contributed by atoms with Crippen molar-refractivity contribution in [1.29, 1.82) is 0 Å². The van der Waals surface area contributed by atoms with Crippen LogP contribution >= 0.6 is 0 Å². The molecule has 7 N–H and O–H groups in total. The maximum absolute atomic E-state index is 14.7. The number of nitrogens with two attached hydrogens (primary N) is 2. The molecule has 2 atom stereocenters. The monoisotopic (exact) mass is 396 g/mol. The largest absolute Gasteiger partial charge is 0.365 e. The van der Waals surface area contributed by atoms with Crippen molar-refractivity contribution < 1.29 is 9.18 Å². The number of pyridine rings is 1. The average Bonchev–Trinajstić information content (AvgIpc) is 3.14. The highest BCUT2D eigenvalue weighted by molar-refractivity contribution is 6.01. The van der Waals surface area contributed by atoms with E-state index in [0.717, 1.165) is 53.9 Å². The highest BCUT2D eigenvalue weighted by Crippen LogP contribution is 2.30. The number of halogens is 1. The van der Waals surface area contributed by atoms with E-state index in [-0.39, 0.29) is 29.3 Å². The third-order valence-corrected chi connectivity index (χ3v) is 5.45. The number of aryl methyl sites for hydroxylation is 1. The number of fused-ring (bicyclic) bond motifs is 1. The minimum absolute atomic E-state index is 0.00816. The Bertz CT molecular complexity index is 1060. The van der Waals surface area contributed by atoms with Gasteiger partial charge in [-0.05, 0) is 49.6 Å². The Kier molecular flexibility index (Phi) is 5.10. The molecule has 1 amide bonds. The molecule has 3 aromatic rings. The first-order valence-electron chi connectivity index (χ1n) is 9.79.